The van der Waals surface area contributed by atoms with Crippen LogP contribution in [0.4, 0.5) is 4.79 Å². The monoisotopic (exact) mass is 314 g/mol. The molecule has 6 nitrogen and oxygen atoms in total. The van der Waals surface area contributed by atoms with Gasteiger partial charge in [-0.3, -0.25) is 9.78 Å². The summed E-state index contributed by atoms with van der Waals surface area (Å²) in [6.45, 7) is 0.129. The Morgan fingerprint density at radius 1 is 1.13 bits per heavy atom. The third-order valence-corrected chi connectivity index (χ3v) is 3.24. The van der Waals surface area contributed by atoms with E-state index in [2.05, 4.69) is 10.3 Å². The van der Waals surface area contributed by atoms with E-state index in [0.29, 0.717) is 5.69 Å². The first-order chi connectivity index (χ1) is 11.1. The van der Waals surface area contributed by atoms with Crippen LogP contribution >= 0.6 is 0 Å². The van der Waals surface area contributed by atoms with E-state index >= 15 is 0 Å². The van der Waals surface area contributed by atoms with E-state index in [9.17, 15) is 14.7 Å². The molecule has 1 aromatic carbocycles. The molecule has 0 radical (unpaired) electrons. The van der Waals surface area contributed by atoms with Gasteiger partial charge in [-0.15, -0.1) is 0 Å². The number of carboxylic acids is 1. The fraction of sp³-hybridized carbons (Fsp3) is 0.235. The van der Waals surface area contributed by atoms with Gasteiger partial charge in [-0.05, 0) is 17.7 Å². The number of benzene rings is 1. The third kappa shape index (κ3) is 5.78. The van der Waals surface area contributed by atoms with Gasteiger partial charge in [0.1, 0.15) is 6.61 Å². The molecule has 0 bridgehead atoms. The van der Waals surface area contributed by atoms with Gasteiger partial charge in [0.15, 0.2) is 0 Å². The van der Waals surface area contributed by atoms with Crippen molar-refractivity contribution in [1.82, 2.24) is 10.3 Å². The number of pyridine rings is 1. The SMILES string of the molecule is O=C(NCC(Cc1ccccn1)C(=O)O)OCc1ccccc1. The summed E-state index contributed by atoms with van der Waals surface area (Å²) in [6.07, 6.45) is 1.21. The number of aliphatic carboxylic acids is 1. The molecule has 0 aliphatic heterocycles. The van der Waals surface area contributed by atoms with E-state index < -0.39 is 18.0 Å². The molecule has 1 atom stereocenters. The van der Waals surface area contributed by atoms with Crippen LogP contribution in [0.5, 0.6) is 0 Å². The van der Waals surface area contributed by atoms with E-state index in [4.69, 9.17) is 4.74 Å². The zero-order valence-electron chi connectivity index (χ0n) is 12.5. The molecule has 6 heteroatoms. The first-order valence-electron chi connectivity index (χ1n) is 7.22. The van der Waals surface area contributed by atoms with Crippen LogP contribution in [0.15, 0.2) is 54.7 Å². The second-order valence-corrected chi connectivity index (χ2v) is 5.00. The van der Waals surface area contributed by atoms with Crippen LogP contribution in [-0.4, -0.2) is 28.7 Å². The highest BCUT2D eigenvalue weighted by Crippen LogP contribution is 2.06. The Morgan fingerprint density at radius 2 is 1.87 bits per heavy atom. The molecule has 23 heavy (non-hydrogen) atoms. The molecule has 0 saturated heterocycles. The molecule has 2 rings (SSSR count). The van der Waals surface area contributed by atoms with Gasteiger partial charge in [0, 0.05) is 24.9 Å². The van der Waals surface area contributed by atoms with E-state index in [1.165, 1.54) is 0 Å². The second-order valence-electron chi connectivity index (χ2n) is 5.00. The molecular formula is C17H18N2O4. The van der Waals surface area contributed by atoms with E-state index in [1.807, 2.05) is 30.3 Å². The Kier molecular flexibility index (Phi) is 6.11. The van der Waals surface area contributed by atoms with Crippen molar-refractivity contribution in [3.63, 3.8) is 0 Å². The Balaban J connectivity index is 1.79. The summed E-state index contributed by atoms with van der Waals surface area (Å²) in [5, 5.41) is 11.7. The summed E-state index contributed by atoms with van der Waals surface area (Å²) in [5.74, 6) is -1.74. The molecule has 1 amide bonds. The summed E-state index contributed by atoms with van der Waals surface area (Å²) >= 11 is 0. The lowest BCUT2D eigenvalue weighted by atomic mass is 10.0. The molecule has 120 valence electrons. The third-order valence-electron chi connectivity index (χ3n) is 3.24. The second kappa shape index (κ2) is 8.53. The van der Waals surface area contributed by atoms with Gasteiger partial charge in [-0.1, -0.05) is 36.4 Å². The maximum atomic E-state index is 11.7. The normalized spacial score (nSPS) is 11.5. The zero-order valence-corrected chi connectivity index (χ0v) is 12.5. The standard InChI is InChI=1S/C17H18N2O4/c20-16(21)14(10-15-8-4-5-9-18-15)11-19-17(22)23-12-13-6-2-1-3-7-13/h1-9,14H,10-12H2,(H,19,22)(H,20,21). The van der Waals surface area contributed by atoms with Crippen molar-refractivity contribution in [3.8, 4) is 0 Å². The van der Waals surface area contributed by atoms with Crippen LogP contribution in [0.3, 0.4) is 0 Å². The minimum atomic E-state index is -0.987. The number of nitrogens with one attached hydrogen (secondary N) is 1. The highest BCUT2D eigenvalue weighted by Gasteiger charge is 2.19. The molecule has 2 N–H and O–H groups in total. The van der Waals surface area contributed by atoms with Crippen molar-refractivity contribution in [2.45, 2.75) is 13.0 Å². The van der Waals surface area contributed by atoms with Gasteiger partial charge in [0.05, 0.1) is 5.92 Å². The lowest BCUT2D eigenvalue weighted by molar-refractivity contribution is -0.141. The highest BCUT2D eigenvalue weighted by molar-refractivity contribution is 5.72. The van der Waals surface area contributed by atoms with Gasteiger partial charge in [0.2, 0.25) is 0 Å². The minimum Gasteiger partial charge on any atom is -0.481 e. The summed E-state index contributed by atoms with van der Waals surface area (Å²) in [7, 11) is 0. The van der Waals surface area contributed by atoms with E-state index in [-0.39, 0.29) is 19.6 Å². The van der Waals surface area contributed by atoms with Crippen LogP contribution in [0.25, 0.3) is 0 Å². The molecule has 1 heterocycles. The molecule has 0 spiro atoms. The Bertz CT molecular complexity index is 632. The number of ether oxygens (including phenoxy) is 1. The molecule has 0 aliphatic carbocycles. The smallest absolute Gasteiger partial charge is 0.407 e. The minimum absolute atomic E-state index is 0.0144. The maximum absolute atomic E-state index is 11.7. The molecule has 0 aliphatic rings. The van der Waals surface area contributed by atoms with Crippen molar-refractivity contribution in [2.75, 3.05) is 6.54 Å². The first kappa shape index (κ1) is 16.5. The number of alkyl carbamates (subject to hydrolysis) is 1. The number of hydrogen-bond acceptors (Lipinski definition) is 4. The average molecular weight is 314 g/mol. The van der Waals surface area contributed by atoms with Crippen LogP contribution in [0, 0.1) is 5.92 Å². The topological polar surface area (TPSA) is 88.5 Å². The van der Waals surface area contributed by atoms with Crippen molar-refractivity contribution < 1.29 is 19.4 Å². The molecule has 1 aromatic heterocycles. The van der Waals surface area contributed by atoms with Crippen LogP contribution in [0.2, 0.25) is 0 Å². The zero-order chi connectivity index (χ0) is 16.5. The van der Waals surface area contributed by atoms with Crippen molar-refractivity contribution in [1.29, 1.82) is 0 Å². The number of rotatable bonds is 7. The molecular weight excluding hydrogens is 296 g/mol. The van der Waals surface area contributed by atoms with Crippen molar-refractivity contribution in [3.05, 3.63) is 66.0 Å². The maximum Gasteiger partial charge on any atom is 0.407 e. The van der Waals surface area contributed by atoms with Crippen LogP contribution in [0.1, 0.15) is 11.3 Å². The number of carbonyl (C=O) groups is 2. The fourth-order valence-corrected chi connectivity index (χ4v) is 2.00. The Labute approximate surface area is 134 Å². The molecule has 0 saturated carbocycles. The van der Waals surface area contributed by atoms with Crippen molar-refractivity contribution >= 4 is 12.1 Å². The fourth-order valence-electron chi connectivity index (χ4n) is 2.00. The summed E-state index contributed by atoms with van der Waals surface area (Å²) in [6, 6.07) is 14.6. The number of amides is 1. The van der Waals surface area contributed by atoms with Gasteiger partial charge in [-0.25, -0.2) is 4.79 Å². The number of aromatic nitrogens is 1. The molecule has 1 unspecified atom stereocenters. The van der Waals surface area contributed by atoms with Gasteiger partial charge >= 0.3 is 12.1 Å². The average Bonchev–Trinajstić information content (AvgIpc) is 2.58. The van der Waals surface area contributed by atoms with Crippen LogP contribution in [-0.2, 0) is 22.6 Å². The Hall–Kier alpha value is -2.89. The number of nitrogens with zero attached hydrogens (tertiary/aromatic N) is 1. The van der Waals surface area contributed by atoms with Gasteiger partial charge in [0.25, 0.3) is 0 Å². The van der Waals surface area contributed by atoms with Gasteiger partial charge in [-0.2, -0.15) is 0 Å². The predicted octanol–water partition coefficient (Wildman–Crippen LogP) is 2.25. The predicted molar refractivity (Wildman–Crippen MR) is 83.7 cm³/mol. The lowest BCUT2D eigenvalue weighted by Gasteiger charge is -2.13. The number of carboxylic acid groups (broad SMARTS) is 1. The summed E-state index contributed by atoms with van der Waals surface area (Å²) < 4.78 is 5.05. The molecule has 0 fully saturated rings. The summed E-state index contributed by atoms with van der Waals surface area (Å²) in [4.78, 5) is 27.0. The first-order valence-corrected chi connectivity index (χ1v) is 7.22. The van der Waals surface area contributed by atoms with Crippen molar-refractivity contribution in [2.24, 2.45) is 5.92 Å². The highest BCUT2D eigenvalue weighted by atomic mass is 16.5. The summed E-state index contributed by atoms with van der Waals surface area (Å²) in [5.41, 5.74) is 1.53. The van der Waals surface area contributed by atoms with Crippen LogP contribution < -0.4 is 5.32 Å². The number of hydrogen-bond donors (Lipinski definition) is 2. The quantitative estimate of drug-likeness (QED) is 0.818. The number of carbonyl (C=O) groups excluding carboxylic acids is 1. The van der Waals surface area contributed by atoms with E-state index in [0.717, 1.165) is 5.56 Å². The Morgan fingerprint density at radius 3 is 2.52 bits per heavy atom. The van der Waals surface area contributed by atoms with E-state index in [1.54, 1.807) is 24.4 Å². The lowest BCUT2D eigenvalue weighted by Crippen LogP contribution is -2.34. The molecule has 2 aromatic rings. The largest absolute Gasteiger partial charge is 0.481 e. The van der Waals surface area contributed by atoms with Gasteiger partial charge < -0.3 is 15.2 Å².